The molecule has 1 aliphatic rings. The number of nitrogens with zero attached hydrogens (tertiary/aromatic N) is 4. The summed E-state index contributed by atoms with van der Waals surface area (Å²) in [7, 11) is 0. The summed E-state index contributed by atoms with van der Waals surface area (Å²) < 4.78 is 7.50. The first-order chi connectivity index (χ1) is 12.3. The Morgan fingerprint density at radius 3 is 2.56 bits per heavy atom. The quantitative estimate of drug-likeness (QED) is 0.575. The molecule has 0 bridgehead atoms. The van der Waals surface area contributed by atoms with E-state index in [-0.39, 0.29) is 6.61 Å². The third-order valence-electron chi connectivity index (χ3n) is 4.24. The molecular weight excluding hydrogens is 336 g/mol. The Balaban J connectivity index is 1.81. The second-order valence-electron chi connectivity index (χ2n) is 6.19. The summed E-state index contributed by atoms with van der Waals surface area (Å²) in [4.78, 5) is 2.34. The molecule has 3 rings (SSSR count). The van der Waals surface area contributed by atoms with Crippen LogP contribution in [0.15, 0.2) is 29.4 Å². The first-order valence-corrected chi connectivity index (χ1v) is 9.87. The first-order valence-electron chi connectivity index (χ1n) is 8.88. The molecule has 0 spiro atoms. The van der Waals surface area contributed by atoms with E-state index in [2.05, 4.69) is 50.9 Å². The number of benzene rings is 1. The Morgan fingerprint density at radius 2 is 1.84 bits per heavy atom. The summed E-state index contributed by atoms with van der Waals surface area (Å²) >= 11 is 1.64. The number of thioether (sulfide) groups is 1. The predicted molar refractivity (Wildman–Crippen MR) is 101 cm³/mol. The van der Waals surface area contributed by atoms with Gasteiger partial charge in [-0.15, -0.1) is 10.2 Å². The number of rotatable bonds is 8. The molecule has 0 aliphatic carbocycles. The third kappa shape index (κ3) is 4.74. The van der Waals surface area contributed by atoms with Crippen LogP contribution in [-0.4, -0.2) is 58.5 Å². The van der Waals surface area contributed by atoms with E-state index in [1.165, 1.54) is 24.8 Å². The predicted octanol–water partition coefficient (Wildman–Crippen LogP) is 2.67. The molecule has 25 heavy (non-hydrogen) atoms. The maximum atomic E-state index is 8.78. The van der Waals surface area contributed by atoms with Gasteiger partial charge < -0.3 is 14.7 Å². The number of piperidine rings is 1. The van der Waals surface area contributed by atoms with Crippen LogP contribution in [0.2, 0.25) is 0 Å². The molecule has 1 aromatic carbocycles. The topological polar surface area (TPSA) is 63.4 Å². The van der Waals surface area contributed by atoms with Gasteiger partial charge in [-0.1, -0.05) is 29.5 Å². The van der Waals surface area contributed by atoms with Crippen LogP contribution in [0.3, 0.4) is 0 Å². The maximum Gasteiger partial charge on any atom is 0.232 e. The lowest BCUT2D eigenvalue weighted by atomic mass is 10.1. The minimum absolute atomic E-state index is 0.0589. The van der Waals surface area contributed by atoms with Crippen LogP contribution in [0.1, 0.15) is 24.8 Å². The lowest BCUT2D eigenvalue weighted by Gasteiger charge is -2.27. The van der Waals surface area contributed by atoms with Crippen LogP contribution in [0, 0.1) is 6.92 Å². The van der Waals surface area contributed by atoms with Crippen LogP contribution in [0.5, 0.6) is 0 Å². The van der Waals surface area contributed by atoms with Crippen molar-refractivity contribution in [1.29, 1.82) is 0 Å². The first kappa shape index (κ1) is 18.2. The van der Waals surface area contributed by atoms with E-state index in [0.29, 0.717) is 13.2 Å². The van der Waals surface area contributed by atoms with E-state index in [0.717, 1.165) is 35.6 Å². The van der Waals surface area contributed by atoms with Crippen LogP contribution in [-0.2, 0) is 4.74 Å². The number of aliphatic hydroxyl groups excluding tert-OH is 1. The molecule has 136 valence electrons. The van der Waals surface area contributed by atoms with Crippen LogP contribution in [0.4, 0.5) is 5.95 Å². The Kier molecular flexibility index (Phi) is 6.72. The van der Waals surface area contributed by atoms with E-state index in [1.807, 2.05) is 0 Å². The average molecular weight is 362 g/mol. The summed E-state index contributed by atoms with van der Waals surface area (Å²) in [5.74, 6) is 1.71. The molecule has 6 nitrogen and oxygen atoms in total. The van der Waals surface area contributed by atoms with Crippen molar-refractivity contribution in [3.63, 3.8) is 0 Å². The molecule has 1 saturated heterocycles. The molecule has 0 radical (unpaired) electrons. The van der Waals surface area contributed by atoms with Gasteiger partial charge in [-0.3, -0.25) is 4.57 Å². The molecule has 1 aliphatic heterocycles. The highest BCUT2D eigenvalue weighted by Gasteiger charge is 2.21. The van der Waals surface area contributed by atoms with Crippen LogP contribution >= 0.6 is 11.8 Å². The van der Waals surface area contributed by atoms with Crippen molar-refractivity contribution >= 4 is 17.7 Å². The molecular formula is C18H26N4O2S. The number of anilines is 1. The standard InChI is InChI=1S/C18H26N4O2S/c1-15-5-7-16(8-6-15)22-17(21-9-3-2-4-10-21)19-20-18(22)25-14-13-24-12-11-23/h5-8,23H,2-4,9-14H2,1H3. The number of aromatic nitrogens is 3. The van der Waals surface area contributed by atoms with Gasteiger partial charge in [0, 0.05) is 18.8 Å². The van der Waals surface area contributed by atoms with Gasteiger partial charge in [-0.25, -0.2) is 0 Å². The number of aliphatic hydroxyl groups is 1. The van der Waals surface area contributed by atoms with Crippen molar-refractivity contribution in [2.24, 2.45) is 0 Å². The SMILES string of the molecule is Cc1ccc(-n2c(SCCOCCO)nnc2N2CCCCC2)cc1. The highest BCUT2D eigenvalue weighted by atomic mass is 32.2. The fraction of sp³-hybridized carbons (Fsp3) is 0.556. The Morgan fingerprint density at radius 1 is 1.08 bits per heavy atom. The van der Waals surface area contributed by atoms with Crippen molar-refractivity contribution in [3.8, 4) is 5.69 Å². The van der Waals surface area contributed by atoms with Gasteiger partial charge in [0.05, 0.1) is 25.5 Å². The zero-order chi connectivity index (χ0) is 17.5. The zero-order valence-electron chi connectivity index (χ0n) is 14.7. The number of ether oxygens (including phenoxy) is 1. The summed E-state index contributed by atoms with van der Waals surface area (Å²) in [6.45, 7) is 5.19. The maximum absolute atomic E-state index is 8.78. The Hall–Kier alpha value is -1.57. The average Bonchev–Trinajstić information content (AvgIpc) is 3.07. The van der Waals surface area contributed by atoms with Gasteiger partial charge in [-0.05, 0) is 38.3 Å². The third-order valence-corrected chi connectivity index (χ3v) is 5.14. The number of aryl methyl sites for hydroxylation is 1. The summed E-state index contributed by atoms with van der Waals surface area (Å²) in [5, 5.41) is 18.6. The van der Waals surface area contributed by atoms with E-state index < -0.39 is 0 Å². The van der Waals surface area contributed by atoms with Crippen molar-refractivity contribution in [2.75, 3.05) is 43.6 Å². The lowest BCUT2D eigenvalue weighted by molar-refractivity contribution is 0.103. The van der Waals surface area contributed by atoms with E-state index in [4.69, 9.17) is 9.84 Å². The normalized spacial score (nSPS) is 14.9. The van der Waals surface area contributed by atoms with Crippen molar-refractivity contribution in [2.45, 2.75) is 31.3 Å². The highest BCUT2D eigenvalue weighted by Crippen LogP contribution is 2.28. The van der Waals surface area contributed by atoms with Crippen molar-refractivity contribution < 1.29 is 9.84 Å². The smallest absolute Gasteiger partial charge is 0.232 e. The second kappa shape index (κ2) is 9.22. The van der Waals surface area contributed by atoms with E-state index in [1.54, 1.807) is 11.8 Å². The van der Waals surface area contributed by atoms with E-state index in [9.17, 15) is 0 Å². The molecule has 0 atom stereocenters. The molecule has 0 amide bonds. The summed E-state index contributed by atoms with van der Waals surface area (Å²) in [6, 6.07) is 8.49. The molecule has 1 fully saturated rings. The van der Waals surface area contributed by atoms with Gasteiger partial charge in [0.25, 0.3) is 0 Å². The van der Waals surface area contributed by atoms with Crippen LogP contribution in [0.25, 0.3) is 5.69 Å². The summed E-state index contributed by atoms with van der Waals surface area (Å²) in [6.07, 6.45) is 3.70. The molecule has 1 N–H and O–H groups in total. The molecule has 2 aromatic rings. The van der Waals surface area contributed by atoms with E-state index >= 15 is 0 Å². The van der Waals surface area contributed by atoms with Crippen molar-refractivity contribution in [3.05, 3.63) is 29.8 Å². The molecule has 7 heteroatoms. The van der Waals surface area contributed by atoms with Gasteiger partial charge in [0.2, 0.25) is 5.95 Å². The second-order valence-corrected chi connectivity index (χ2v) is 7.25. The largest absolute Gasteiger partial charge is 0.394 e. The number of hydrogen-bond acceptors (Lipinski definition) is 6. The van der Waals surface area contributed by atoms with Gasteiger partial charge in [0.1, 0.15) is 0 Å². The Labute approximate surface area is 153 Å². The molecule has 2 heterocycles. The highest BCUT2D eigenvalue weighted by molar-refractivity contribution is 7.99. The minimum Gasteiger partial charge on any atom is -0.394 e. The van der Waals surface area contributed by atoms with Crippen LogP contribution < -0.4 is 4.90 Å². The van der Waals surface area contributed by atoms with Gasteiger partial charge in [-0.2, -0.15) is 0 Å². The minimum atomic E-state index is 0.0589. The monoisotopic (exact) mass is 362 g/mol. The zero-order valence-corrected chi connectivity index (χ0v) is 15.5. The number of hydrogen-bond donors (Lipinski definition) is 1. The van der Waals surface area contributed by atoms with Gasteiger partial charge >= 0.3 is 0 Å². The molecule has 0 unspecified atom stereocenters. The molecule has 0 saturated carbocycles. The lowest BCUT2D eigenvalue weighted by Crippen LogP contribution is -2.31. The summed E-state index contributed by atoms with van der Waals surface area (Å²) in [5.41, 5.74) is 2.33. The molecule has 1 aromatic heterocycles. The Bertz CT molecular complexity index is 654. The van der Waals surface area contributed by atoms with Crippen molar-refractivity contribution in [1.82, 2.24) is 14.8 Å². The van der Waals surface area contributed by atoms with Gasteiger partial charge in [0.15, 0.2) is 5.16 Å². The fourth-order valence-corrected chi connectivity index (χ4v) is 3.73. The fourth-order valence-electron chi connectivity index (χ4n) is 2.93.